The third-order valence-electron chi connectivity index (χ3n) is 5.07. The average Bonchev–Trinajstić information content (AvgIpc) is 3.44. The largest absolute Gasteiger partial charge is 0.451 e. The highest BCUT2D eigenvalue weighted by Gasteiger charge is 2.17. The minimum absolute atomic E-state index is 0.181. The zero-order chi connectivity index (χ0) is 22.2. The van der Waals surface area contributed by atoms with E-state index in [9.17, 15) is 4.79 Å². The van der Waals surface area contributed by atoms with Crippen molar-refractivity contribution in [1.29, 1.82) is 0 Å². The number of rotatable bonds is 4. The molecule has 4 nitrogen and oxygen atoms in total. The van der Waals surface area contributed by atoms with Crippen LogP contribution >= 0.6 is 34.5 Å². The number of furan rings is 1. The van der Waals surface area contributed by atoms with Crippen molar-refractivity contribution >= 4 is 56.3 Å². The zero-order valence-corrected chi connectivity index (χ0v) is 19.2. The molecule has 0 aliphatic carbocycles. The maximum Gasteiger partial charge on any atom is 0.291 e. The Labute approximate surface area is 198 Å². The summed E-state index contributed by atoms with van der Waals surface area (Å²) in [5.74, 6) is 0.308. The molecule has 0 bridgehead atoms. The van der Waals surface area contributed by atoms with E-state index < -0.39 is 0 Å². The predicted octanol–water partition coefficient (Wildman–Crippen LogP) is 8.09. The molecule has 5 rings (SSSR count). The number of carbonyl (C=O) groups is 1. The van der Waals surface area contributed by atoms with E-state index in [2.05, 4.69) is 5.32 Å². The molecule has 7 heteroatoms. The number of thiazole rings is 1. The number of hydrogen-bond donors (Lipinski definition) is 1. The lowest BCUT2D eigenvalue weighted by atomic mass is 10.1. The van der Waals surface area contributed by atoms with Crippen LogP contribution in [0.3, 0.4) is 0 Å². The van der Waals surface area contributed by atoms with Crippen molar-refractivity contribution in [2.45, 2.75) is 6.92 Å². The second-order valence-electron chi connectivity index (χ2n) is 7.24. The number of anilines is 1. The first-order valence-electron chi connectivity index (χ1n) is 9.82. The van der Waals surface area contributed by atoms with E-state index in [1.165, 1.54) is 0 Å². The van der Waals surface area contributed by atoms with Gasteiger partial charge in [-0.1, -0.05) is 53.5 Å². The van der Waals surface area contributed by atoms with Crippen LogP contribution in [0.2, 0.25) is 10.0 Å². The normalized spacial score (nSPS) is 11.1. The fourth-order valence-corrected chi connectivity index (χ4v) is 4.72. The smallest absolute Gasteiger partial charge is 0.291 e. The molecule has 0 aliphatic rings. The summed E-state index contributed by atoms with van der Waals surface area (Å²) in [7, 11) is 0. The van der Waals surface area contributed by atoms with Gasteiger partial charge in [-0.3, -0.25) is 4.79 Å². The van der Waals surface area contributed by atoms with Crippen molar-refractivity contribution in [3.05, 3.63) is 94.2 Å². The highest BCUT2D eigenvalue weighted by atomic mass is 35.5. The molecule has 2 aromatic heterocycles. The molecular formula is C25H16Cl2N2O2S. The summed E-state index contributed by atoms with van der Waals surface area (Å²) in [6.07, 6.45) is 0. The fraction of sp³-hybridized carbons (Fsp3) is 0.0400. The molecule has 1 N–H and O–H groups in total. The Balaban J connectivity index is 1.42. The molecule has 0 fully saturated rings. The molecule has 0 aliphatic heterocycles. The van der Waals surface area contributed by atoms with E-state index >= 15 is 0 Å². The van der Waals surface area contributed by atoms with Crippen molar-refractivity contribution in [3.63, 3.8) is 0 Å². The van der Waals surface area contributed by atoms with Gasteiger partial charge < -0.3 is 9.73 Å². The monoisotopic (exact) mass is 478 g/mol. The Morgan fingerprint density at radius 3 is 2.69 bits per heavy atom. The quantitative estimate of drug-likeness (QED) is 0.283. The van der Waals surface area contributed by atoms with Crippen molar-refractivity contribution < 1.29 is 9.21 Å². The van der Waals surface area contributed by atoms with Crippen LogP contribution in [0.15, 0.2) is 77.2 Å². The Hall–Kier alpha value is -3.12. The second-order valence-corrected chi connectivity index (χ2v) is 9.05. The van der Waals surface area contributed by atoms with E-state index in [-0.39, 0.29) is 11.7 Å². The van der Waals surface area contributed by atoms with Crippen molar-refractivity contribution in [1.82, 2.24) is 4.98 Å². The number of carbonyl (C=O) groups excluding carboxylic acids is 1. The summed E-state index contributed by atoms with van der Waals surface area (Å²) in [4.78, 5) is 17.6. The molecule has 158 valence electrons. The first-order valence-corrected chi connectivity index (χ1v) is 11.4. The van der Waals surface area contributed by atoms with Gasteiger partial charge in [-0.15, -0.1) is 11.3 Å². The van der Waals surface area contributed by atoms with E-state index in [1.807, 2.05) is 49.4 Å². The zero-order valence-electron chi connectivity index (χ0n) is 16.9. The molecule has 0 atom stereocenters. The highest BCUT2D eigenvalue weighted by molar-refractivity contribution is 7.21. The predicted molar refractivity (Wildman–Crippen MR) is 132 cm³/mol. The lowest BCUT2D eigenvalue weighted by Gasteiger charge is -2.09. The molecule has 2 heterocycles. The fourth-order valence-electron chi connectivity index (χ4n) is 3.37. The lowest BCUT2D eigenvalue weighted by molar-refractivity contribution is 0.0997. The number of nitrogens with one attached hydrogen (secondary N) is 1. The summed E-state index contributed by atoms with van der Waals surface area (Å²) < 4.78 is 6.89. The number of fused-ring (bicyclic) bond motifs is 1. The highest BCUT2D eigenvalue weighted by Crippen LogP contribution is 2.35. The third-order valence-corrected chi connectivity index (χ3v) is 6.98. The van der Waals surface area contributed by atoms with Crippen LogP contribution in [0.25, 0.3) is 32.1 Å². The SMILES string of the molecule is Cc1ccc(-c2nc3ccccc3s2)cc1NC(=O)c1ccc(-c2cccc(Cl)c2Cl)o1. The van der Waals surface area contributed by atoms with Crippen molar-refractivity contribution in [3.8, 4) is 21.9 Å². The van der Waals surface area contributed by atoms with Gasteiger partial charge in [0.2, 0.25) is 0 Å². The van der Waals surface area contributed by atoms with Gasteiger partial charge in [-0.2, -0.15) is 0 Å². The average molecular weight is 479 g/mol. The second kappa shape index (κ2) is 8.43. The lowest BCUT2D eigenvalue weighted by Crippen LogP contribution is -2.11. The van der Waals surface area contributed by atoms with E-state index in [1.54, 1.807) is 41.7 Å². The Bertz CT molecular complexity index is 1440. The number of nitrogens with zero attached hydrogens (tertiary/aromatic N) is 1. The van der Waals surface area contributed by atoms with E-state index in [0.29, 0.717) is 27.1 Å². The molecule has 0 saturated heterocycles. The van der Waals surface area contributed by atoms with E-state index in [0.717, 1.165) is 26.4 Å². The van der Waals surface area contributed by atoms with Gasteiger partial charge >= 0.3 is 0 Å². The van der Waals surface area contributed by atoms with Crippen LogP contribution in [0, 0.1) is 6.92 Å². The molecule has 1 amide bonds. The van der Waals surface area contributed by atoms with Gasteiger partial charge in [0.05, 0.1) is 20.3 Å². The molecular weight excluding hydrogens is 463 g/mol. The summed E-state index contributed by atoms with van der Waals surface area (Å²) in [6, 6.07) is 22.5. The number of halogens is 2. The molecule has 0 spiro atoms. The first-order chi connectivity index (χ1) is 15.5. The van der Waals surface area contributed by atoms with Crippen LogP contribution in [0.5, 0.6) is 0 Å². The van der Waals surface area contributed by atoms with Gasteiger partial charge in [0.1, 0.15) is 10.8 Å². The maximum atomic E-state index is 12.9. The molecule has 0 unspecified atom stereocenters. The minimum Gasteiger partial charge on any atom is -0.451 e. The van der Waals surface area contributed by atoms with Crippen molar-refractivity contribution in [2.24, 2.45) is 0 Å². The number of amides is 1. The summed E-state index contributed by atoms with van der Waals surface area (Å²) in [6.45, 7) is 1.94. The number of benzene rings is 3. The Morgan fingerprint density at radius 2 is 1.84 bits per heavy atom. The maximum absolute atomic E-state index is 12.9. The Kier molecular flexibility index (Phi) is 5.47. The molecule has 0 saturated carbocycles. The first kappa shape index (κ1) is 20.8. The van der Waals surface area contributed by atoms with Crippen LogP contribution < -0.4 is 5.32 Å². The summed E-state index contributed by atoms with van der Waals surface area (Å²) in [5.41, 5.74) is 4.17. The summed E-state index contributed by atoms with van der Waals surface area (Å²) >= 11 is 14.0. The van der Waals surface area contributed by atoms with Crippen LogP contribution in [0.4, 0.5) is 5.69 Å². The molecule has 5 aromatic rings. The Morgan fingerprint density at radius 1 is 1.00 bits per heavy atom. The van der Waals surface area contributed by atoms with Crippen LogP contribution in [0.1, 0.15) is 16.1 Å². The van der Waals surface area contributed by atoms with E-state index in [4.69, 9.17) is 32.6 Å². The van der Waals surface area contributed by atoms with Gasteiger partial charge in [0, 0.05) is 16.8 Å². The topological polar surface area (TPSA) is 55.1 Å². The van der Waals surface area contributed by atoms with Crippen LogP contribution in [-0.2, 0) is 0 Å². The van der Waals surface area contributed by atoms with Crippen LogP contribution in [-0.4, -0.2) is 10.9 Å². The van der Waals surface area contributed by atoms with Crippen molar-refractivity contribution in [2.75, 3.05) is 5.32 Å². The molecule has 3 aromatic carbocycles. The number of hydrogen-bond acceptors (Lipinski definition) is 4. The van der Waals surface area contributed by atoms with Gasteiger partial charge in [0.25, 0.3) is 5.91 Å². The molecule has 0 radical (unpaired) electrons. The number of aromatic nitrogens is 1. The number of aryl methyl sites for hydroxylation is 1. The number of para-hydroxylation sites is 1. The third kappa shape index (κ3) is 3.91. The van der Waals surface area contributed by atoms with Gasteiger partial charge in [-0.05, 0) is 55.0 Å². The van der Waals surface area contributed by atoms with Gasteiger partial charge in [0.15, 0.2) is 5.76 Å². The molecule has 32 heavy (non-hydrogen) atoms. The summed E-state index contributed by atoms with van der Waals surface area (Å²) in [5, 5.41) is 4.66. The standard InChI is InChI=1S/C25H16Cl2N2O2S/c1-14-9-10-15(25-29-18-7-2-3-8-22(18)32-25)13-19(14)28-24(30)21-12-11-20(31-21)16-5-4-6-17(26)23(16)27/h2-13H,1H3,(H,28,30). The minimum atomic E-state index is -0.348. The van der Waals surface area contributed by atoms with Gasteiger partial charge in [-0.25, -0.2) is 4.98 Å².